The molecule has 0 aliphatic carbocycles. The number of carbonyl (C=O) groups excluding carboxylic acids is 2. The van der Waals surface area contributed by atoms with Gasteiger partial charge in [-0.25, -0.2) is 0 Å². The summed E-state index contributed by atoms with van der Waals surface area (Å²) in [7, 11) is 0. The number of aldehydes is 1. The number of unbranched alkanes of at least 4 members (excludes halogenated alkanes) is 1. The maximum atomic E-state index is 11.4. The minimum Gasteiger partial charge on any atom is -0.426 e. The molecule has 17 heavy (non-hydrogen) atoms. The van der Waals surface area contributed by atoms with E-state index in [4.69, 9.17) is 27.9 Å². The van der Waals surface area contributed by atoms with Gasteiger partial charge in [0.2, 0.25) is 0 Å². The van der Waals surface area contributed by atoms with Crippen molar-refractivity contribution in [1.29, 1.82) is 0 Å². The van der Waals surface area contributed by atoms with Gasteiger partial charge >= 0.3 is 5.97 Å². The van der Waals surface area contributed by atoms with Crippen LogP contribution in [0.2, 0.25) is 5.02 Å². The van der Waals surface area contributed by atoms with Gasteiger partial charge in [0, 0.05) is 23.9 Å². The van der Waals surface area contributed by atoms with Gasteiger partial charge in [-0.3, -0.25) is 9.59 Å². The van der Waals surface area contributed by atoms with Crippen LogP contribution in [-0.2, 0) is 4.79 Å². The molecular formula is C12H12Cl2O3. The molecule has 0 aliphatic heterocycles. The second-order valence-corrected chi connectivity index (χ2v) is 4.21. The van der Waals surface area contributed by atoms with Crippen LogP contribution in [0.4, 0.5) is 0 Å². The predicted octanol–water partition coefficient (Wildman–Crippen LogP) is 3.47. The van der Waals surface area contributed by atoms with Crippen LogP contribution in [0.3, 0.4) is 0 Å². The fourth-order valence-electron chi connectivity index (χ4n) is 1.21. The first kappa shape index (κ1) is 14.0. The summed E-state index contributed by atoms with van der Waals surface area (Å²) in [5, 5.41) is 0.269. The zero-order valence-electron chi connectivity index (χ0n) is 9.12. The Morgan fingerprint density at radius 3 is 2.71 bits per heavy atom. The van der Waals surface area contributed by atoms with Crippen molar-refractivity contribution in [1.82, 2.24) is 0 Å². The number of ether oxygens (including phenoxy) is 1. The van der Waals surface area contributed by atoms with Crippen LogP contribution >= 0.6 is 23.2 Å². The van der Waals surface area contributed by atoms with Crippen molar-refractivity contribution >= 4 is 35.5 Å². The molecule has 0 saturated heterocycles. The number of rotatable bonds is 6. The van der Waals surface area contributed by atoms with Crippen molar-refractivity contribution in [3.63, 3.8) is 0 Å². The lowest BCUT2D eigenvalue weighted by atomic mass is 10.2. The molecule has 0 bridgehead atoms. The zero-order chi connectivity index (χ0) is 12.7. The number of carbonyl (C=O) groups is 2. The Hall–Kier alpha value is -1.06. The monoisotopic (exact) mass is 274 g/mol. The molecule has 0 radical (unpaired) electrons. The molecule has 1 aromatic rings. The average molecular weight is 275 g/mol. The Kier molecular flexibility index (Phi) is 6.01. The Morgan fingerprint density at radius 1 is 1.35 bits per heavy atom. The SMILES string of the molecule is O=Cc1ccc(OC(=O)CCCCCl)cc1Cl. The molecular weight excluding hydrogens is 263 g/mol. The van der Waals surface area contributed by atoms with E-state index in [-0.39, 0.29) is 11.0 Å². The predicted molar refractivity (Wildman–Crippen MR) is 67.0 cm³/mol. The van der Waals surface area contributed by atoms with Crippen LogP contribution < -0.4 is 4.74 Å². The molecule has 0 N–H and O–H groups in total. The van der Waals surface area contributed by atoms with Crippen LogP contribution in [0, 0.1) is 0 Å². The summed E-state index contributed by atoms with van der Waals surface area (Å²) in [5.41, 5.74) is 0.369. The van der Waals surface area contributed by atoms with Crippen LogP contribution in [0.5, 0.6) is 5.75 Å². The normalized spacial score (nSPS) is 10.0. The minimum absolute atomic E-state index is 0.269. The topological polar surface area (TPSA) is 43.4 Å². The number of esters is 1. The number of alkyl halides is 1. The van der Waals surface area contributed by atoms with Gasteiger partial charge in [-0.2, -0.15) is 0 Å². The maximum absolute atomic E-state index is 11.4. The van der Waals surface area contributed by atoms with Crippen molar-refractivity contribution in [2.45, 2.75) is 19.3 Å². The third-order valence-electron chi connectivity index (χ3n) is 2.10. The van der Waals surface area contributed by atoms with Gasteiger partial charge in [-0.05, 0) is 25.0 Å². The lowest BCUT2D eigenvalue weighted by Crippen LogP contribution is -2.07. The third kappa shape index (κ3) is 4.75. The molecule has 0 aromatic heterocycles. The molecule has 0 heterocycles. The van der Waals surface area contributed by atoms with Crippen molar-refractivity contribution in [2.24, 2.45) is 0 Å². The molecule has 3 nitrogen and oxygen atoms in total. The van der Waals surface area contributed by atoms with Crippen molar-refractivity contribution in [3.8, 4) is 5.75 Å². The smallest absolute Gasteiger partial charge is 0.311 e. The van der Waals surface area contributed by atoms with E-state index in [1.807, 2.05) is 0 Å². The lowest BCUT2D eigenvalue weighted by molar-refractivity contribution is -0.134. The van der Waals surface area contributed by atoms with Gasteiger partial charge in [-0.15, -0.1) is 11.6 Å². The Bertz CT molecular complexity index is 405. The molecule has 0 spiro atoms. The second-order valence-electron chi connectivity index (χ2n) is 3.42. The lowest BCUT2D eigenvalue weighted by Gasteiger charge is -2.05. The fourth-order valence-corrected chi connectivity index (χ4v) is 1.62. The maximum Gasteiger partial charge on any atom is 0.311 e. The van der Waals surface area contributed by atoms with Gasteiger partial charge in [0.25, 0.3) is 0 Å². The summed E-state index contributed by atoms with van der Waals surface area (Å²) in [4.78, 5) is 21.9. The van der Waals surface area contributed by atoms with E-state index < -0.39 is 0 Å². The van der Waals surface area contributed by atoms with E-state index in [0.29, 0.717) is 36.3 Å². The highest BCUT2D eigenvalue weighted by atomic mass is 35.5. The van der Waals surface area contributed by atoms with Gasteiger partial charge < -0.3 is 4.74 Å². The van der Waals surface area contributed by atoms with E-state index >= 15 is 0 Å². The highest BCUT2D eigenvalue weighted by Crippen LogP contribution is 2.21. The molecule has 1 aromatic carbocycles. The summed E-state index contributed by atoms with van der Waals surface area (Å²) in [6.07, 6.45) is 2.44. The molecule has 0 unspecified atom stereocenters. The van der Waals surface area contributed by atoms with Crippen molar-refractivity contribution in [2.75, 3.05) is 5.88 Å². The van der Waals surface area contributed by atoms with Gasteiger partial charge in [0.15, 0.2) is 6.29 Å². The number of hydrogen-bond donors (Lipinski definition) is 0. The molecule has 0 saturated carbocycles. The van der Waals surface area contributed by atoms with Crippen LogP contribution in [0.25, 0.3) is 0 Å². The molecule has 92 valence electrons. The largest absolute Gasteiger partial charge is 0.426 e. The molecule has 0 fully saturated rings. The number of hydrogen-bond acceptors (Lipinski definition) is 3. The van der Waals surface area contributed by atoms with E-state index in [1.165, 1.54) is 18.2 Å². The van der Waals surface area contributed by atoms with E-state index in [9.17, 15) is 9.59 Å². The summed E-state index contributed by atoms with van der Waals surface area (Å²) in [6.45, 7) is 0. The van der Waals surface area contributed by atoms with Crippen LogP contribution in [-0.4, -0.2) is 18.1 Å². The van der Waals surface area contributed by atoms with Gasteiger partial charge in [0.05, 0.1) is 5.02 Å². The Balaban J connectivity index is 2.54. The third-order valence-corrected chi connectivity index (χ3v) is 2.69. The second kappa shape index (κ2) is 7.30. The van der Waals surface area contributed by atoms with Gasteiger partial charge in [-0.1, -0.05) is 11.6 Å². The average Bonchev–Trinajstić information content (AvgIpc) is 2.29. The van der Waals surface area contributed by atoms with E-state index in [2.05, 4.69) is 0 Å². The molecule has 5 heteroatoms. The summed E-state index contributed by atoms with van der Waals surface area (Å²) in [5.74, 6) is 0.550. The summed E-state index contributed by atoms with van der Waals surface area (Å²) < 4.78 is 5.06. The summed E-state index contributed by atoms with van der Waals surface area (Å²) in [6, 6.07) is 4.50. The number of halogens is 2. The molecule has 1 rings (SSSR count). The van der Waals surface area contributed by atoms with Crippen molar-refractivity contribution in [3.05, 3.63) is 28.8 Å². The molecule has 0 aliphatic rings. The zero-order valence-corrected chi connectivity index (χ0v) is 10.6. The number of benzene rings is 1. The fraction of sp³-hybridized carbons (Fsp3) is 0.333. The van der Waals surface area contributed by atoms with Crippen molar-refractivity contribution < 1.29 is 14.3 Å². The first-order chi connectivity index (χ1) is 8.17. The first-order valence-corrected chi connectivity index (χ1v) is 6.10. The Labute approximate surface area is 110 Å². The standard InChI is InChI=1S/C12H12Cl2O3/c13-6-2-1-3-12(16)17-10-5-4-9(8-15)11(14)7-10/h4-5,7-8H,1-3,6H2. The summed E-state index contributed by atoms with van der Waals surface area (Å²) >= 11 is 11.3. The van der Waals surface area contributed by atoms with E-state index in [1.54, 1.807) is 0 Å². The molecule has 0 amide bonds. The first-order valence-electron chi connectivity index (χ1n) is 5.18. The quantitative estimate of drug-likeness (QED) is 0.262. The Morgan fingerprint density at radius 2 is 2.12 bits per heavy atom. The molecule has 0 atom stereocenters. The highest BCUT2D eigenvalue weighted by molar-refractivity contribution is 6.33. The minimum atomic E-state index is -0.329. The van der Waals surface area contributed by atoms with E-state index in [0.717, 1.165) is 6.42 Å². The van der Waals surface area contributed by atoms with Gasteiger partial charge in [0.1, 0.15) is 5.75 Å². The highest BCUT2D eigenvalue weighted by Gasteiger charge is 2.06. The van der Waals surface area contributed by atoms with Crippen LogP contribution in [0.15, 0.2) is 18.2 Å². The van der Waals surface area contributed by atoms with Crippen LogP contribution in [0.1, 0.15) is 29.6 Å².